The highest BCUT2D eigenvalue weighted by Gasteiger charge is 2.41. The van der Waals surface area contributed by atoms with Crippen LogP contribution in [0.15, 0.2) is 36.4 Å². The Morgan fingerprint density at radius 1 is 1.10 bits per heavy atom. The molecule has 6 heteroatoms. The zero-order valence-electron chi connectivity index (χ0n) is 18.4. The Morgan fingerprint density at radius 2 is 1.70 bits per heavy atom. The summed E-state index contributed by atoms with van der Waals surface area (Å²) in [5, 5.41) is 0.403. The number of ether oxygens (including phenoxy) is 2. The molecule has 2 aromatic carbocycles. The summed E-state index contributed by atoms with van der Waals surface area (Å²) in [7, 11) is 1.62. The van der Waals surface area contributed by atoms with Crippen LogP contribution in [0.5, 0.6) is 5.75 Å². The van der Waals surface area contributed by atoms with Gasteiger partial charge in [-0.1, -0.05) is 29.8 Å². The van der Waals surface area contributed by atoms with Gasteiger partial charge >= 0.3 is 5.97 Å². The third kappa shape index (κ3) is 5.79. The molecule has 1 atom stereocenters. The molecular formula is C24H29ClO4S. The summed E-state index contributed by atoms with van der Waals surface area (Å²) in [4.78, 5) is 26.4. The number of hydrogen-bond donors (Lipinski definition) is 0. The first-order valence-corrected chi connectivity index (χ1v) is 11.2. The van der Waals surface area contributed by atoms with Crippen molar-refractivity contribution in [2.75, 3.05) is 13.7 Å². The molecule has 2 rings (SSSR count). The number of halogens is 1. The van der Waals surface area contributed by atoms with E-state index in [0.29, 0.717) is 16.3 Å². The van der Waals surface area contributed by atoms with Crippen molar-refractivity contribution < 1.29 is 19.1 Å². The fourth-order valence-corrected chi connectivity index (χ4v) is 4.34. The first-order valence-electron chi connectivity index (χ1n) is 9.85. The lowest BCUT2D eigenvalue weighted by Gasteiger charge is -2.28. The number of hydrogen-bond acceptors (Lipinski definition) is 5. The van der Waals surface area contributed by atoms with Gasteiger partial charge in [0.15, 0.2) is 5.78 Å². The minimum Gasteiger partial charge on any atom is -0.497 e. The number of carbonyl (C=O) groups is 2. The SMILES string of the molecule is CCOC(=O)C(C(=O)C(C)(C)SCc1ccc(OC)cc1)c1cc(C)c(C)cc1Cl. The summed E-state index contributed by atoms with van der Waals surface area (Å²) in [6.07, 6.45) is 0. The van der Waals surface area contributed by atoms with Crippen LogP contribution in [-0.4, -0.2) is 30.2 Å². The van der Waals surface area contributed by atoms with E-state index in [-0.39, 0.29) is 12.4 Å². The number of benzene rings is 2. The first kappa shape index (κ1) is 24.3. The van der Waals surface area contributed by atoms with Gasteiger partial charge in [-0.2, -0.15) is 0 Å². The molecule has 0 amide bonds. The van der Waals surface area contributed by atoms with E-state index in [4.69, 9.17) is 21.1 Å². The number of methoxy groups -OCH3 is 1. The van der Waals surface area contributed by atoms with Crippen molar-refractivity contribution in [3.05, 3.63) is 63.7 Å². The summed E-state index contributed by atoms with van der Waals surface area (Å²) in [5.74, 6) is -0.435. The largest absolute Gasteiger partial charge is 0.497 e. The Bertz CT molecular complexity index is 906. The molecule has 1 unspecified atom stereocenters. The van der Waals surface area contributed by atoms with Crippen molar-refractivity contribution in [1.29, 1.82) is 0 Å². The number of ketones is 1. The molecule has 0 saturated heterocycles. The Kier molecular flexibility index (Phi) is 8.39. The van der Waals surface area contributed by atoms with Gasteiger partial charge in [0.1, 0.15) is 11.7 Å². The van der Waals surface area contributed by atoms with E-state index in [9.17, 15) is 9.59 Å². The number of carbonyl (C=O) groups excluding carboxylic acids is 2. The van der Waals surface area contributed by atoms with Gasteiger partial charge in [0, 0.05) is 10.8 Å². The molecule has 0 aliphatic carbocycles. The van der Waals surface area contributed by atoms with Gasteiger partial charge in [-0.3, -0.25) is 9.59 Å². The standard InChI is InChI=1S/C24H29ClO4S/c1-7-29-23(27)21(19-12-15(2)16(3)13-20(19)25)22(26)24(4,5)30-14-17-8-10-18(28-6)11-9-17/h8-13,21H,7,14H2,1-6H3. The lowest BCUT2D eigenvalue weighted by Crippen LogP contribution is -2.37. The molecule has 0 aliphatic rings. The molecule has 0 saturated carbocycles. The molecule has 0 N–H and O–H groups in total. The molecule has 30 heavy (non-hydrogen) atoms. The zero-order valence-corrected chi connectivity index (χ0v) is 19.9. The third-order valence-electron chi connectivity index (χ3n) is 5.06. The predicted molar refractivity (Wildman–Crippen MR) is 124 cm³/mol. The molecule has 0 spiro atoms. The fourth-order valence-electron chi connectivity index (χ4n) is 3.03. The lowest BCUT2D eigenvalue weighted by atomic mass is 9.87. The topological polar surface area (TPSA) is 52.6 Å². The van der Waals surface area contributed by atoms with E-state index < -0.39 is 16.6 Å². The molecule has 0 heterocycles. The van der Waals surface area contributed by atoms with Crippen LogP contribution in [-0.2, 0) is 20.1 Å². The molecule has 0 bridgehead atoms. The monoisotopic (exact) mass is 448 g/mol. The Hall–Kier alpha value is -1.98. The summed E-state index contributed by atoms with van der Waals surface area (Å²) in [5.41, 5.74) is 3.55. The van der Waals surface area contributed by atoms with E-state index in [1.165, 1.54) is 11.8 Å². The summed E-state index contributed by atoms with van der Waals surface area (Å²) >= 11 is 7.94. The smallest absolute Gasteiger partial charge is 0.321 e. The maximum absolute atomic E-state index is 13.6. The summed E-state index contributed by atoms with van der Waals surface area (Å²) in [6.45, 7) is 9.48. The van der Waals surface area contributed by atoms with Crippen LogP contribution in [0.2, 0.25) is 5.02 Å². The van der Waals surface area contributed by atoms with Gasteiger partial charge in [0.05, 0.1) is 18.5 Å². The van der Waals surface area contributed by atoms with E-state index >= 15 is 0 Å². The number of aryl methyl sites for hydroxylation is 2. The predicted octanol–water partition coefficient (Wildman–Crippen LogP) is 5.89. The van der Waals surface area contributed by atoms with E-state index in [2.05, 4.69) is 0 Å². The average Bonchev–Trinajstić information content (AvgIpc) is 2.71. The van der Waals surface area contributed by atoms with Crippen LogP contribution in [0, 0.1) is 13.8 Å². The minimum absolute atomic E-state index is 0.199. The molecule has 162 valence electrons. The van der Waals surface area contributed by atoms with Crippen molar-refractivity contribution in [2.45, 2.75) is 51.0 Å². The van der Waals surface area contributed by atoms with Crippen molar-refractivity contribution in [2.24, 2.45) is 0 Å². The highest BCUT2D eigenvalue weighted by molar-refractivity contribution is 8.00. The maximum atomic E-state index is 13.6. The van der Waals surface area contributed by atoms with Gasteiger partial charge in [-0.25, -0.2) is 0 Å². The number of thioether (sulfide) groups is 1. The lowest BCUT2D eigenvalue weighted by molar-refractivity contribution is -0.148. The minimum atomic E-state index is -1.06. The summed E-state index contributed by atoms with van der Waals surface area (Å²) < 4.78 is 9.61. The molecule has 4 nitrogen and oxygen atoms in total. The van der Waals surface area contributed by atoms with Crippen molar-refractivity contribution in [3.63, 3.8) is 0 Å². The molecule has 0 aromatic heterocycles. The van der Waals surface area contributed by atoms with Crippen LogP contribution < -0.4 is 4.74 Å². The van der Waals surface area contributed by atoms with E-state index in [1.54, 1.807) is 20.1 Å². The zero-order chi connectivity index (χ0) is 22.5. The highest BCUT2D eigenvalue weighted by Crippen LogP contribution is 2.38. The van der Waals surface area contributed by atoms with Gasteiger partial charge in [-0.15, -0.1) is 11.8 Å². The molecule has 0 aliphatic heterocycles. The van der Waals surface area contributed by atoms with Gasteiger partial charge in [0.2, 0.25) is 0 Å². The Labute approximate surface area is 188 Å². The van der Waals surface area contributed by atoms with Crippen molar-refractivity contribution in [3.8, 4) is 5.75 Å². The normalized spacial score (nSPS) is 12.4. The second kappa shape index (κ2) is 10.4. The first-order chi connectivity index (χ1) is 14.1. The number of rotatable bonds is 9. The van der Waals surface area contributed by atoms with Gasteiger partial charge in [0.25, 0.3) is 0 Å². The second-order valence-corrected chi connectivity index (χ2v) is 9.66. The van der Waals surface area contributed by atoms with Crippen LogP contribution in [0.25, 0.3) is 0 Å². The molecule has 0 radical (unpaired) electrons. The molecular weight excluding hydrogens is 420 g/mol. The van der Waals surface area contributed by atoms with Crippen LogP contribution in [0.1, 0.15) is 48.9 Å². The van der Waals surface area contributed by atoms with Crippen LogP contribution in [0.3, 0.4) is 0 Å². The van der Waals surface area contributed by atoms with Gasteiger partial charge in [-0.05, 0) is 75.1 Å². The fraction of sp³-hybridized carbons (Fsp3) is 0.417. The number of esters is 1. The summed E-state index contributed by atoms with van der Waals surface area (Å²) in [6, 6.07) is 11.3. The van der Waals surface area contributed by atoms with Crippen molar-refractivity contribution >= 4 is 35.1 Å². The van der Waals surface area contributed by atoms with Crippen molar-refractivity contribution in [1.82, 2.24) is 0 Å². The third-order valence-corrected chi connectivity index (χ3v) is 6.79. The maximum Gasteiger partial charge on any atom is 0.321 e. The van der Waals surface area contributed by atoms with Crippen LogP contribution in [0.4, 0.5) is 0 Å². The highest BCUT2D eigenvalue weighted by atomic mass is 35.5. The van der Waals surface area contributed by atoms with E-state index in [0.717, 1.165) is 22.4 Å². The molecule has 0 fully saturated rings. The second-order valence-electron chi connectivity index (χ2n) is 7.65. The Balaban J connectivity index is 2.31. The number of Topliss-reactive ketones (excluding diaryl/α,β-unsaturated/α-hetero) is 1. The Morgan fingerprint density at radius 3 is 2.27 bits per heavy atom. The quantitative estimate of drug-likeness (QED) is 0.353. The van der Waals surface area contributed by atoms with Crippen LogP contribution >= 0.6 is 23.4 Å². The van der Waals surface area contributed by atoms with Gasteiger partial charge < -0.3 is 9.47 Å². The molecule has 2 aromatic rings. The average molecular weight is 449 g/mol. The van der Waals surface area contributed by atoms with E-state index in [1.807, 2.05) is 58.0 Å².